The zero-order chi connectivity index (χ0) is 9.14. The molecule has 1 rings (SSSR count). The first kappa shape index (κ1) is 12.0. The van der Waals surface area contributed by atoms with Crippen LogP contribution in [-0.2, 0) is 0 Å². The average molecular weight is 172 g/mol. The molecule has 0 saturated heterocycles. The van der Waals surface area contributed by atoms with Crippen LogP contribution < -0.4 is 28.9 Å². The molecule has 1 aromatic heterocycles. The van der Waals surface area contributed by atoms with Crippen LogP contribution in [0.4, 0.5) is 5.82 Å². The van der Waals surface area contributed by atoms with Crippen LogP contribution >= 0.6 is 0 Å². The predicted molar refractivity (Wildman–Crippen MR) is 42.9 cm³/mol. The fourth-order valence-electron chi connectivity index (χ4n) is 0.913. The molecule has 0 atom stereocenters. The van der Waals surface area contributed by atoms with Crippen molar-refractivity contribution in [1.82, 2.24) is 4.98 Å². The van der Waals surface area contributed by atoms with Crippen molar-refractivity contribution in [1.29, 1.82) is 0 Å². The van der Waals surface area contributed by atoms with Crippen LogP contribution in [0.15, 0.2) is 18.3 Å². The minimum atomic E-state index is -1.20. The van der Waals surface area contributed by atoms with Crippen LogP contribution in [0.25, 0.3) is 0 Å². The molecule has 0 aliphatic heterocycles. The smallest absolute Gasteiger partial charge is 0.545 e. The van der Waals surface area contributed by atoms with Crippen LogP contribution in [-0.4, -0.2) is 25.0 Å². The number of carbonyl (C=O) groups is 1. The minimum Gasteiger partial charge on any atom is -0.545 e. The number of pyridine rings is 1. The summed E-state index contributed by atoms with van der Waals surface area (Å²) < 4.78 is 0. The number of hydrogen-bond donors (Lipinski definition) is 0. The third kappa shape index (κ3) is 2.76. The third-order valence-electron chi connectivity index (χ3n) is 1.43. The molecule has 4 nitrogen and oxygen atoms in total. The van der Waals surface area contributed by atoms with Gasteiger partial charge in [-0.1, -0.05) is 0 Å². The molecule has 0 amide bonds. The Balaban J connectivity index is 0.00000144. The number of rotatable bonds is 2. The molecule has 0 aliphatic carbocycles. The number of nitrogens with zero attached hydrogens (tertiary/aromatic N) is 2. The van der Waals surface area contributed by atoms with Crippen molar-refractivity contribution < 1.29 is 28.8 Å². The standard InChI is InChI=1S/C8H10N2O2.Li/c1-10(2)7-6(8(11)12)4-3-5-9-7;/h3-5H,1-2H3,(H,11,12);/q;+1/p-1. The molecule has 0 radical (unpaired) electrons. The number of aromatic nitrogens is 1. The first-order valence-corrected chi connectivity index (χ1v) is 3.46. The SMILES string of the molecule is CN(C)c1ncccc1C(=O)[O-].[Li+]. The molecule has 0 bridgehead atoms. The summed E-state index contributed by atoms with van der Waals surface area (Å²) >= 11 is 0. The molecule has 1 heterocycles. The maximum atomic E-state index is 10.5. The van der Waals surface area contributed by atoms with E-state index in [0.717, 1.165) is 0 Å². The molecule has 0 aromatic carbocycles. The van der Waals surface area contributed by atoms with Crippen molar-refractivity contribution in [2.75, 3.05) is 19.0 Å². The van der Waals surface area contributed by atoms with Crippen molar-refractivity contribution in [3.05, 3.63) is 23.9 Å². The van der Waals surface area contributed by atoms with Crippen LogP contribution in [0.5, 0.6) is 0 Å². The maximum Gasteiger partial charge on any atom is 1.00 e. The van der Waals surface area contributed by atoms with Crippen molar-refractivity contribution in [2.45, 2.75) is 0 Å². The van der Waals surface area contributed by atoms with Crippen molar-refractivity contribution in [3.8, 4) is 0 Å². The molecule has 1 aromatic rings. The molecule has 0 N–H and O–H groups in total. The number of aromatic carboxylic acids is 1. The summed E-state index contributed by atoms with van der Waals surface area (Å²) in [5, 5.41) is 10.5. The van der Waals surface area contributed by atoms with Crippen molar-refractivity contribution >= 4 is 11.8 Å². The summed E-state index contributed by atoms with van der Waals surface area (Å²) in [5.41, 5.74) is 0.113. The van der Waals surface area contributed by atoms with E-state index in [4.69, 9.17) is 0 Å². The first-order chi connectivity index (χ1) is 5.63. The maximum absolute atomic E-state index is 10.5. The van der Waals surface area contributed by atoms with E-state index in [0.29, 0.717) is 5.82 Å². The Morgan fingerprint density at radius 1 is 1.54 bits per heavy atom. The van der Waals surface area contributed by atoms with E-state index in [1.165, 1.54) is 6.07 Å². The van der Waals surface area contributed by atoms with Crippen molar-refractivity contribution in [3.63, 3.8) is 0 Å². The van der Waals surface area contributed by atoms with Crippen LogP contribution in [0.3, 0.4) is 0 Å². The quantitative estimate of drug-likeness (QED) is 0.435. The van der Waals surface area contributed by atoms with Gasteiger partial charge >= 0.3 is 18.9 Å². The fraction of sp³-hybridized carbons (Fsp3) is 0.250. The van der Waals surface area contributed by atoms with Crippen molar-refractivity contribution in [2.24, 2.45) is 0 Å². The molecule has 0 fully saturated rings. The number of carbonyl (C=O) groups excluding carboxylic acids is 1. The molecule has 0 aliphatic rings. The van der Waals surface area contributed by atoms with Gasteiger partial charge in [0.25, 0.3) is 0 Å². The minimum absolute atomic E-state index is 0. The van der Waals surface area contributed by atoms with Gasteiger partial charge in [-0.2, -0.15) is 0 Å². The van der Waals surface area contributed by atoms with Gasteiger partial charge in [0.05, 0.1) is 5.97 Å². The Morgan fingerprint density at radius 3 is 2.54 bits per heavy atom. The Bertz CT molecular complexity index is 302. The van der Waals surface area contributed by atoms with Gasteiger partial charge in [0.2, 0.25) is 0 Å². The van der Waals surface area contributed by atoms with Gasteiger partial charge in [0.15, 0.2) is 0 Å². The number of hydrogen-bond acceptors (Lipinski definition) is 4. The molecule has 0 saturated carbocycles. The van der Waals surface area contributed by atoms with Gasteiger partial charge in [-0.05, 0) is 12.1 Å². The van der Waals surface area contributed by atoms with Crippen LogP contribution in [0.1, 0.15) is 10.4 Å². The molecule has 5 heteroatoms. The molecule has 0 unspecified atom stereocenters. The zero-order valence-electron chi connectivity index (χ0n) is 7.94. The van der Waals surface area contributed by atoms with Crippen LogP contribution in [0, 0.1) is 0 Å². The molecular formula is C8H9LiN2O2. The molecule has 13 heavy (non-hydrogen) atoms. The second-order valence-electron chi connectivity index (χ2n) is 2.56. The van der Waals surface area contributed by atoms with E-state index in [-0.39, 0.29) is 24.4 Å². The summed E-state index contributed by atoms with van der Waals surface area (Å²) in [6.07, 6.45) is 1.54. The van der Waals surface area contributed by atoms with E-state index in [9.17, 15) is 9.90 Å². The summed E-state index contributed by atoms with van der Waals surface area (Å²) in [7, 11) is 3.46. The van der Waals surface area contributed by atoms with E-state index in [1.807, 2.05) is 0 Å². The third-order valence-corrected chi connectivity index (χ3v) is 1.43. The fourth-order valence-corrected chi connectivity index (χ4v) is 0.913. The molecular weight excluding hydrogens is 163 g/mol. The molecule has 64 valence electrons. The number of carboxylic acids is 1. The number of carboxylic acid groups (broad SMARTS) is 1. The second-order valence-corrected chi connectivity index (χ2v) is 2.56. The topological polar surface area (TPSA) is 56.3 Å². The Morgan fingerprint density at radius 2 is 2.15 bits per heavy atom. The van der Waals surface area contributed by atoms with Gasteiger partial charge < -0.3 is 14.8 Å². The molecule has 0 spiro atoms. The van der Waals surface area contributed by atoms with Crippen LogP contribution in [0.2, 0.25) is 0 Å². The summed E-state index contributed by atoms with van der Waals surface area (Å²) in [4.78, 5) is 16.1. The normalized spacial score (nSPS) is 8.77. The average Bonchev–Trinajstić information content (AvgIpc) is 2.04. The summed E-state index contributed by atoms with van der Waals surface area (Å²) in [5.74, 6) is -0.788. The van der Waals surface area contributed by atoms with Gasteiger partial charge in [0, 0.05) is 25.9 Å². The Hall–Kier alpha value is -0.983. The second kappa shape index (κ2) is 4.90. The number of anilines is 1. The van der Waals surface area contributed by atoms with Gasteiger partial charge in [-0.15, -0.1) is 0 Å². The first-order valence-electron chi connectivity index (χ1n) is 3.46. The Kier molecular flexibility index (Phi) is 4.53. The van der Waals surface area contributed by atoms with Gasteiger partial charge in [-0.3, -0.25) is 0 Å². The van der Waals surface area contributed by atoms with E-state index >= 15 is 0 Å². The largest absolute Gasteiger partial charge is 1.00 e. The monoisotopic (exact) mass is 172 g/mol. The van der Waals surface area contributed by atoms with E-state index in [1.54, 1.807) is 31.3 Å². The van der Waals surface area contributed by atoms with Gasteiger partial charge in [-0.25, -0.2) is 4.98 Å². The Labute approximate surface area is 88.8 Å². The van der Waals surface area contributed by atoms with E-state index in [2.05, 4.69) is 4.98 Å². The predicted octanol–water partition coefficient (Wildman–Crippen LogP) is -3.48. The summed E-state index contributed by atoms with van der Waals surface area (Å²) in [6, 6.07) is 3.04. The zero-order valence-corrected chi connectivity index (χ0v) is 7.94. The summed E-state index contributed by atoms with van der Waals surface area (Å²) in [6.45, 7) is 0. The van der Waals surface area contributed by atoms with Gasteiger partial charge in [0.1, 0.15) is 5.82 Å². The van der Waals surface area contributed by atoms with E-state index < -0.39 is 5.97 Å².